The van der Waals surface area contributed by atoms with E-state index in [1.54, 1.807) is 24.1 Å². The quantitative estimate of drug-likeness (QED) is 0.159. The zero-order valence-corrected chi connectivity index (χ0v) is 35.1. The number of ether oxygens (including phenoxy) is 2. The molecule has 300 valence electrons. The number of rotatable bonds is 11. The third-order valence-electron chi connectivity index (χ3n) is 11.4. The molecule has 3 aliphatic rings. The van der Waals surface area contributed by atoms with E-state index >= 15 is 0 Å². The predicted molar refractivity (Wildman–Crippen MR) is 221 cm³/mol. The van der Waals surface area contributed by atoms with Gasteiger partial charge in [-0.3, -0.25) is 0 Å². The summed E-state index contributed by atoms with van der Waals surface area (Å²) in [6.45, 7) is 14.7. The summed E-state index contributed by atoms with van der Waals surface area (Å²) >= 11 is 7.27. The first kappa shape index (κ1) is 40.1. The molecule has 4 aromatic rings. The van der Waals surface area contributed by atoms with Gasteiger partial charge in [0, 0.05) is 38.8 Å². The largest absolute Gasteiger partial charge is 0.497 e. The number of nitrogens with zero attached hydrogens (tertiary/aromatic N) is 9. The van der Waals surface area contributed by atoms with Crippen LogP contribution in [0.5, 0.6) is 5.75 Å². The second kappa shape index (κ2) is 16.4. The lowest BCUT2D eigenvalue weighted by molar-refractivity contribution is 0.0493. The van der Waals surface area contributed by atoms with Gasteiger partial charge in [0.15, 0.2) is 25.5 Å². The maximum atomic E-state index is 13.4. The van der Waals surface area contributed by atoms with Gasteiger partial charge >= 0.3 is 6.03 Å². The molecule has 3 fully saturated rings. The SMILES string of the molecule is COc1ccc(CN(c2nc(Nc3cc(C#N)cc(N4CC[C@@H](NC(=O)N5CCOCC5)[C@H](O[Si](C)(C)C(C)(C)C)C4)c3Cl)nn3c(C#N)cnc23)C2CC2)cc1. The summed E-state index contributed by atoms with van der Waals surface area (Å²) in [4.78, 5) is 29.1. The minimum absolute atomic E-state index is 0.0617. The number of urea groups is 1. The number of piperidine rings is 1. The van der Waals surface area contributed by atoms with Gasteiger partial charge in [-0.05, 0) is 67.2 Å². The number of imidazole rings is 1. The fraction of sp³-hybridized carbons (Fsp3) is 0.500. The van der Waals surface area contributed by atoms with Crippen molar-refractivity contribution in [2.24, 2.45) is 0 Å². The molecular weight excluding hydrogens is 762 g/mol. The van der Waals surface area contributed by atoms with Crippen LogP contribution in [0.3, 0.4) is 0 Å². The Bertz CT molecular complexity index is 2190. The van der Waals surface area contributed by atoms with E-state index < -0.39 is 8.32 Å². The van der Waals surface area contributed by atoms with Gasteiger partial charge in [-0.1, -0.05) is 44.5 Å². The summed E-state index contributed by atoms with van der Waals surface area (Å²) in [5.74, 6) is 1.54. The summed E-state index contributed by atoms with van der Waals surface area (Å²) < 4.78 is 19.4. The Labute approximate surface area is 339 Å². The van der Waals surface area contributed by atoms with Crippen LogP contribution in [0.1, 0.15) is 56.9 Å². The number of morpholine rings is 1. The molecular formula is C40H50ClN11O4Si. The van der Waals surface area contributed by atoms with Gasteiger partial charge in [0.2, 0.25) is 5.95 Å². The Morgan fingerprint density at radius 3 is 2.47 bits per heavy atom. The molecule has 0 spiro atoms. The number of benzene rings is 2. The number of aromatic nitrogens is 4. The smallest absolute Gasteiger partial charge is 0.317 e. The van der Waals surface area contributed by atoms with E-state index in [2.05, 4.69) is 76.5 Å². The van der Waals surface area contributed by atoms with Crippen molar-refractivity contribution >= 4 is 54.7 Å². The third-order valence-corrected chi connectivity index (χ3v) is 16.3. The number of nitrogens with one attached hydrogen (secondary N) is 2. The first-order valence-electron chi connectivity index (χ1n) is 19.4. The van der Waals surface area contributed by atoms with Gasteiger partial charge in [0.1, 0.15) is 11.8 Å². The zero-order chi connectivity index (χ0) is 40.5. The first-order chi connectivity index (χ1) is 27.3. The Hall–Kier alpha value is -5.13. The van der Waals surface area contributed by atoms with Crippen LogP contribution in [0, 0.1) is 22.7 Å². The van der Waals surface area contributed by atoms with Crippen LogP contribution >= 0.6 is 11.6 Å². The van der Waals surface area contributed by atoms with Gasteiger partial charge in [-0.2, -0.15) is 20.0 Å². The van der Waals surface area contributed by atoms with Crippen molar-refractivity contribution < 1.29 is 18.7 Å². The van der Waals surface area contributed by atoms with Gasteiger partial charge in [0.25, 0.3) is 0 Å². The topological polar surface area (TPSA) is 169 Å². The molecule has 4 heterocycles. The number of hydrogen-bond acceptors (Lipinski definition) is 12. The second-order valence-corrected chi connectivity index (χ2v) is 21.5. The molecule has 0 radical (unpaired) electrons. The lowest BCUT2D eigenvalue weighted by Gasteiger charge is -2.46. The van der Waals surface area contributed by atoms with Crippen molar-refractivity contribution in [3.8, 4) is 17.9 Å². The van der Waals surface area contributed by atoms with E-state index in [0.717, 1.165) is 24.2 Å². The molecule has 2 saturated heterocycles. The summed E-state index contributed by atoms with van der Waals surface area (Å²) in [6.07, 6.45) is 3.76. The number of nitriles is 2. The van der Waals surface area contributed by atoms with Crippen molar-refractivity contribution in [2.75, 3.05) is 61.6 Å². The number of carbonyl (C=O) groups excluding carboxylic acids is 1. The Morgan fingerprint density at radius 2 is 1.82 bits per heavy atom. The molecule has 1 aliphatic carbocycles. The molecule has 0 unspecified atom stereocenters. The zero-order valence-electron chi connectivity index (χ0n) is 33.4. The number of anilines is 4. The molecule has 2 aromatic carbocycles. The average molecular weight is 812 g/mol. The molecule has 1 saturated carbocycles. The van der Waals surface area contributed by atoms with Crippen molar-refractivity contribution in [2.45, 2.75) is 82.9 Å². The van der Waals surface area contributed by atoms with Crippen LogP contribution in [0.2, 0.25) is 23.2 Å². The normalized spacial score (nSPS) is 18.8. The van der Waals surface area contributed by atoms with Gasteiger partial charge < -0.3 is 39.2 Å². The molecule has 57 heavy (non-hydrogen) atoms. The monoisotopic (exact) mass is 811 g/mol. The fourth-order valence-corrected chi connectivity index (χ4v) is 8.61. The minimum Gasteiger partial charge on any atom is -0.497 e. The van der Waals surface area contributed by atoms with E-state index in [9.17, 15) is 15.3 Å². The molecule has 7 rings (SSSR count). The summed E-state index contributed by atoms with van der Waals surface area (Å²) in [5.41, 5.74) is 3.27. The minimum atomic E-state index is -2.29. The average Bonchev–Trinajstić information content (AvgIpc) is 3.96. The highest BCUT2D eigenvalue weighted by Gasteiger charge is 2.43. The Kier molecular flexibility index (Phi) is 11.5. The van der Waals surface area contributed by atoms with Crippen molar-refractivity contribution in [3.05, 3.63) is 64.4 Å². The maximum Gasteiger partial charge on any atom is 0.317 e. The molecule has 2 atom stereocenters. The van der Waals surface area contributed by atoms with Gasteiger partial charge in [-0.15, -0.1) is 5.10 Å². The van der Waals surface area contributed by atoms with Crippen LogP contribution in [-0.2, 0) is 15.7 Å². The Morgan fingerprint density at radius 1 is 1.09 bits per heavy atom. The van der Waals surface area contributed by atoms with Crippen molar-refractivity contribution in [1.82, 2.24) is 29.8 Å². The summed E-state index contributed by atoms with van der Waals surface area (Å²) in [6, 6.07) is 15.7. The predicted octanol–water partition coefficient (Wildman–Crippen LogP) is 6.45. The maximum absolute atomic E-state index is 13.4. The van der Waals surface area contributed by atoms with Crippen LogP contribution in [0.25, 0.3) is 5.65 Å². The highest BCUT2D eigenvalue weighted by molar-refractivity contribution is 6.74. The summed E-state index contributed by atoms with van der Waals surface area (Å²) in [7, 11) is -0.645. The lowest BCUT2D eigenvalue weighted by atomic mass is 10.0. The van der Waals surface area contributed by atoms with Crippen LogP contribution in [0.4, 0.5) is 27.9 Å². The van der Waals surface area contributed by atoms with E-state index in [0.29, 0.717) is 85.8 Å². The molecule has 2 aromatic heterocycles. The highest BCUT2D eigenvalue weighted by Crippen LogP contribution is 2.41. The van der Waals surface area contributed by atoms with Crippen LogP contribution in [0.15, 0.2) is 42.6 Å². The molecule has 2 amide bonds. The number of amides is 2. The Balaban J connectivity index is 1.20. The fourth-order valence-electron chi connectivity index (χ4n) is 6.99. The number of methoxy groups -OCH3 is 1. The van der Waals surface area contributed by atoms with E-state index in [-0.39, 0.29) is 40.9 Å². The molecule has 2 aliphatic heterocycles. The molecule has 0 bridgehead atoms. The standard InChI is InChI=1S/C40H50ClN11O4Si/c1-40(2,3)57(5,6)56-34-25-50(14-13-31(34)46-39(53)49-15-17-55-18-16-49)33-20-27(21-42)19-32(35(33)41)45-38-47-37(36-44-23-29(22-43)52(36)48-38)51(28-9-10-28)24-26-7-11-30(54-4)12-8-26/h7-8,11-12,19-20,23,28,31,34H,9-10,13-18,24-25H2,1-6H3,(H,45,48)(H,46,53)/t31-,34-/m1/s1. The van der Waals surface area contributed by atoms with E-state index in [1.807, 2.05) is 24.3 Å². The summed E-state index contributed by atoms with van der Waals surface area (Å²) in [5, 5.41) is 31.8. The van der Waals surface area contributed by atoms with Crippen LogP contribution in [-0.4, -0.2) is 104 Å². The highest BCUT2D eigenvalue weighted by atomic mass is 35.5. The lowest BCUT2D eigenvalue weighted by Crippen LogP contribution is -2.61. The van der Waals surface area contributed by atoms with E-state index in [4.69, 9.17) is 30.5 Å². The molecule has 2 N–H and O–H groups in total. The van der Waals surface area contributed by atoms with Gasteiger partial charge in [-0.25, -0.2) is 9.78 Å². The number of halogens is 1. The van der Waals surface area contributed by atoms with E-state index in [1.165, 1.54) is 10.7 Å². The number of carbonyl (C=O) groups is 1. The first-order valence-corrected chi connectivity index (χ1v) is 22.7. The van der Waals surface area contributed by atoms with Crippen molar-refractivity contribution in [1.29, 1.82) is 10.5 Å². The third kappa shape index (κ3) is 8.74. The molecule has 15 nitrogen and oxygen atoms in total. The van der Waals surface area contributed by atoms with Crippen LogP contribution < -0.4 is 25.2 Å². The van der Waals surface area contributed by atoms with Gasteiger partial charge in [0.05, 0.1) is 66.7 Å². The second-order valence-electron chi connectivity index (χ2n) is 16.4. The molecule has 17 heteroatoms. The van der Waals surface area contributed by atoms with Crippen molar-refractivity contribution in [3.63, 3.8) is 0 Å². The number of hydrogen-bond donors (Lipinski definition) is 2. The number of fused-ring (bicyclic) bond motifs is 1.